The topological polar surface area (TPSA) is 0 Å². The van der Waals surface area contributed by atoms with E-state index >= 15 is 0 Å². The Hall–Kier alpha value is -1.30. The van der Waals surface area contributed by atoms with Crippen LogP contribution in [-0.4, -0.2) is 0 Å². The molecule has 15 heavy (non-hydrogen) atoms. The average molecular weight is 200 g/mol. The van der Waals surface area contributed by atoms with E-state index in [-0.39, 0.29) is 0 Å². The molecule has 0 nitrogen and oxygen atoms in total. The summed E-state index contributed by atoms with van der Waals surface area (Å²) in [6.07, 6.45) is 4.43. The van der Waals surface area contributed by atoms with Gasteiger partial charge in [0.1, 0.15) is 0 Å². The lowest BCUT2D eigenvalue weighted by Gasteiger charge is -2.07. The Morgan fingerprint density at radius 1 is 1.00 bits per heavy atom. The Kier molecular flexibility index (Phi) is 4.89. The van der Waals surface area contributed by atoms with Crippen molar-refractivity contribution in [1.82, 2.24) is 0 Å². The molecule has 1 aromatic rings. The first kappa shape index (κ1) is 11.8. The van der Waals surface area contributed by atoms with Crippen molar-refractivity contribution in [1.29, 1.82) is 0 Å². The monoisotopic (exact) mass is 200 g/mol. The molecule has 1 rings (SSSR count). The van der Waals surface area contributed by atoms with E-state index in [4.69, 9.17) is 0 Å². The van der Waals surface area contributed by atoms with Gasteiger partial charge >= 0.3 is 0 Å². The van der Waals surface area contributed by atoms with Crippen molar-refractivity contribution in [3.8, 4) is 0 Å². The molecule has 0 aliphatic rings. The van der Waals surface area contributed by atoms with Crippen LogP contribution in [0.4, 0.5) is 0 Å². The third kappa shape index (κ3) is 4.16. The fraction of sp³-hybridized carbons (Fsp3) is 0.333. The summed E-state index contributed by atoms with van der Waals surface area (Å²) in [6.45, 7) is 10.4. The van der Waals surface area contributed by atoms with E-state index in [1.165, 1.54) is 23.1 Å². The second-order valence-electron chi connectivity index (χ2n) is 3.97. The van der Waals surface area contributed by atoms with Crippen LogP contribution < -0.4 is 0 Å². The van der Waals surface area contributed by atoms with Crippen molar-refractivity contribution in [2.24, 2.45) is 0 Å². The van der Waals surface area contributed by atoms with Crippen LogP contribution >= 0.6 is 0 Å². The Morgan fingerprint density at radius 3 is 2.27 bits per heavy atom. The third-order valence-electron chi connectivity index (χ3n) is 2.57. The van der Waals surface area contributed by atoms with Gasteiger partial charge < -0.3 is 0 Å². The molecule has 0 heterocycles. The molecule has 0 fully saturated rings. The zero-order chi connectivity index (χ0) is 11.1. The Bertz CT molecular complexity index is 319. The largest absolute Gasteiger partial charge is 0.0999 e. The van der Waals surface area contributed by atoms with Gasteiger partial charge in [-0.2, -0.15) is 0 Å². The van der Waals surface area contributed by atoms with Gasteiger partial charge in [0.05, 0.1) is 0 Å². The van der Waals surface area contributed by atoms with Crippen molar-refractivity contribution >= 4 is 5.57 Å². The van der Waals surface area contributed by atoms with Gasteiger partial charge in [0, 0.05) is 0 Å². The Labute approximate surface area is 93.3 Å². The van der Waals surface area contributed by atoms with Crippen LogP contribution in [-0.2, 0) is 0 Å². The van der Waals surface area contributed by atoms with Crippen molar-refractivity contribution in [2.75, 3.05) is 0 Å². The maximum atomic E-state index is 4.12. The molecule has 0 aliphatic heterocycles. The fourth-order valence-corrected chi connectivity index (χ4v) is 1.62. The highest BCUT2D eigenvalue weighted by Crippen LogP contribution is 2.20. The van der Waals surface area contributed by atoms with Gasteiger partial charge in [0.2, 0.25) is 0 Å². The van der Waals surface area contributed by atoms with Gasteiger partial charge in [-0.25, -0.2) is 0 Å². The average Bonchev–Trinajstić information content (AvgIpc) is 2.27. The molecule has 0 radical (unpaired) electrons. The molecular weight excluding hydrogens is 180 g/mol. The van der Waals surface area contributed by atoms with E-state index in [0.717, 1.165) is 19.3 Å². The molecule has 0 atom stereocenters. The van der Waals surface area contributed by atoms with Gasteiger partial charge in [-0.15, -0.1) is 0 Å². The number of hydrogen-bond donors (Lipinski definition) is 0. The van der Waals surface area contributed by atoms with E-state index in [1.54, 1.807) is 0 Å². The van der Waals surface area contributed by atoms with Gasteiger partial charge in [-0.3, -0.25) is 0 Å². The van der Waals surface area contributed by atoms with Gasteiger partial charge in [0.15, 0.2) is 0 Å². The lowest BCUT2D eigenvalue weighted by Crippen LogP contribution is -1.86. The van der Waals surface area contributed by atoms with Crippen LogP contribution in [0.5, 0.6) is 0 Å². The second kappa shape index (κ2) is 6.23. The quantitative estimate of drug-likeness (QED) is 0.577. The molecule has 0 heteroatoms. The summed E-state index contributed by atoms with van der Waals surface area (Å²) in [5.74, 6) is 0. The van der Waals surface area contributed by atoms with E-state index in [9.17, 15) is 0 Å². The smallest absolute Gasteiger partial charge is 0.0230 e. The van der Waals surface area contributed by atoms with Crippen LogP contribution in [0.2, 0.25) is 0 Å². The highest BCUT2D eigenvalue weighted by Gasteiger charge is 1.99. The van der Waals surface area contributed by atoms with Crippen molar-refractivity contribution in [3.05, 3.63) is 54.6 Å². The number of rotatable bonds is 6. The minimum absolute atomic E-state index is 1.03. The first-order valence-corrected chi connectivity index (χ1v) is 5.64. The third-order valence-corrected chi connectivity index (χ3v) is 2.57. The normalized spacial score (nSPS) is 9.93. The van der Waals surface area contributed by atoms with Crippen LogP contribution in [0.25, 0.3) is 5.57 Å². The SMILES string of the molecule is C=C(CCC)CCC(=C)c1ccccc1. The number of hydrogen-bond acceptors (Lipinski definition) is 0. The van der Waals surface area contributed by atoms with Crippen LogP contribution in [0, 0.1) is 0 Å². The second-order valence-corrected chi connectivity index (χ2v) is 3.97. The predicted molar refractivity (Wildman–Crippen MR) is 68.8 cm³/mol. The van der Waals surface area contributed by atoms with Gasteiger partial charge in [0.25, 0.3) is 0 Å². The maximum Gasteiger partial charge on any atom is -0.0230 e. The molecule has 80 valence electrons. The first-order chi connectivity index (χ1) is 7.24. The van der Waals surface area contributed by atoms with Crippen LogP contribution in [0.3, 0.4) is 0 Å². The summed E-state index contributed by atoms with van der Waals surface area (Å²) in [4.78, 5) is 0. The van der Waals surface area contributed by atoms with Crippen molar-refractivity contribution in [3.63, 3.8) is 0 Å². The Morgan fingerprint density at radius 2 is 1.67 bits per heavy atom. The molecule has 0 saturated heterocycles. The van der Waals surface area contributed by atoms with E-state index in [2.05, 4.69) is 44.3 Å². The Balaban J connectivity index is 2.40. The number of allylic oxidation sites excluding steroid dienone is 2. The molecule has 0 N–H and O–H groups in total. The molecule has 1 aromatic carbocycles. The highest BCUT2D eigenvalue weighted by atomic mass is 14.0. The first-order valence-electron chi connectivity index (χ1n) is 5.64. The summed E-state index contributed by atoms with van der Waals surface area (Å²) in [7, 11) is 0. The minimum atomic E-state index is 1.03. The van der Waals surface area contributed by atoms with E-state index < -0.39 is 0 Å². The molecule has 0 spiro atoms. The summed E-state index contributed by atoms with van der Waals surface area (Å²) in [5, 5.41) is 0. The lowest BCUT2D eigenvalue weighted by atomic mass is 9.99. The van der Waals surface area contributed by atoms with Crippen LogP contribution in [0.15, 0.2) is 49.1 Å². The molecule has 0 bridgehead atoms. The molecule has 0 amide bonds. The molecule has 0 aromatic heterocycles. The predicted octanol–water partition coefficient (Wildman–Crippen LogP) is 4.84. The minimum Gasteiger partial charge on any atom is -0.0999 e. The summed E-state index contributed by atoms with van der Waals surface area (Å²) < 4.78 is 0. The van der Waals surface area contributed by atoms with E-state index in [0.29, 0.717) is 0 Å². The van der Waals surface area contributed by atoms with E-state index in [1.807, 2.05) is 6.07 Å². The zero-order valence-corrected chi connectivity index (χ0v) is 9.63. The maximum absolute atomic E-state index is 4.12. The van der Waals surface area contributed by atoms with Crippen molar-refractivity contribution < 1.29 is 0 Å². The summed E-state index contributed by atoms with van der Waals surface area (Å²) >= 11 is 0. The highest BCUT2D eigenvalue weighted by molar-refractivity contribution is 5.63. The molecule has 0 unspecified atom stereocenters. The lowest BCUT2D eigenvalue weighted by molar-refractivity contribution is 0.839. The molecular formula is C15H20. The van der Waals surface area contributed by atoms with Crippen LogP contribution in [0.1, 0.15) is 38.2 Å². The molecule has 0 aliphatic carbocycles. The van der Waals surface area contributed by atoms with Gasteiger partial charge in [-0.1, -0.05) is 62.4 Å². The number of benzene rings is 1. The van der Waals surface area contributed by atoms with Gasteiger partial charge in [-0.05, 0) is 30.4 Å². The zero-order valence-electron chi connectivity index (χ0n) is 9.63. The fourth-order valence-electron chi connectivity index (χ4n) is 1.62. The summed E-state index contributed by atoms with van der Waals surface area (Å²) in [6, 6.07) is 10.4. The molecule has 0 saturated carbocycles. The standard InChI is InChI=1S/C15H20/c1-4-8-13(2)11-12-14(3)15-9-6-5-7-10-15/h5-7,9-10H,2-4,8,11-12H2,1H3. The van der Waals surface area contributed by atoms with Crippen molar-refractivity contribution in [2.45, 2.75) is 32.6 Å². The summed E-state index contributed by atoms with van der Waals surface area (Å²) in [5.41, 5.74) is 3.81.